The Morgan fingerprint density at radius 2 is 1.54 bits per heavy atom. The SMILES string of the molecule is CC(C)[C@@H](CCO[C@@H]1O[C@H](CO)[C@@H](O)[C@H](O)[C@H]1O)CC[C@@H](C)[C@H]1C[C@H](O)[C@@H]2[C@]1(C)CC[C@H]1[C@@]2(O)C[C@@H](O)[C@@]2(O)C[C@@H](O)CC[C@]12C. The fourth-order valence-electron chi connectivity index (χ4n) is 11.4. The molecule has 11 nitrogen and oxygen atoms in total. The van der Waals surface area contributed by atoms with E-state index in [9.17, 15) is 46.0 Å². The van der Waals surface area contributed by atoms with Gasteiger partial charge in [0.25, 0.3) is 0 Å². The molecule has 0 aromatic rings. The van der Waals surface area contributed by atoms with Gasteiger partial charge in [-0.15, -0.1) is 0 Å². The number of ether oxygens (including phenoxy) is 2. The summed E-state index contributed by atoms with van der Waals surface area (Å²) in [6, 6.07) is 0. The third-order valence-electron chi connectivity index (χ3n) is 14.2. The van der Waals surface area contributed by atoms with E-state index < -0.39 is 78.2 Å². The third-order valence-corrected chi connectivity index (χ3v) is 14.2. The van der Waals surface area contributed by atoms with E-state index in [4.69, 9.17) is 9.47 Å². The van der Waals surface area contributed by atoms with Gasteiger partial charge in [0.05, 0.1) is 42.7 Å². The van der Waals surface area contributed by atoms with Crippen molar-refractivity contribution in [3.05, 3.63) is 0 Å². The third kappa shape index (κ3) is 5.91. The van der Waals surface area contributed by atoms with Crippen LogP contribution in [0.4, 0.5) is 0 Å². The van der Waals surface area contributed by atoms with Crippen molar-refractivity contribution in [3.63, 3.8) is 0 Å². The minimum atomic E-state index is -1.47. The number of aliphatic hydroxyl groups excluding tert-OH is 7. The average Bonchev–Trinajstić information content (AvgIpc) is 3.27. The van der Waals surface area contributed by atoms with Gasteiger partial charge < -0.3 is 55.4 Å². The van der Waals surface area contributed by atoms with E-state index in [1.54, 1.807) is 0 Å². The molecule has 1 saturated heterocycles. The molecule has 9 N–H and O–H groups in total. The van der Waals surface area contributed by atoms with Crippen molar-refractivity contribution in [3.8, 4) is 0 Å². The van der Waals surface area contributed by atoms with Crippen LogP contribution in [0.2, 0.25) is 0 Å². The number of hydrogen-bond acceptors (Lipinski definition) is 11. The molecule has 4 saturated carbocycles. The van der Waals surface area contributed by atoms with Crippen LogP contribution in [0.3, 0.4) is 0 Å². The molecule has 1 heterocycles. The molecule has 5 fully saturated rings. The fraction of sp³-hybridized carbons (Fsp3) is 1.00. The maximum absolute atomic E-state index is 12.5. The van der Waals surface area contributed by atoms with Gasteiger partial charge in [0.15, 0.2) is 6.29 Å². The Bertz CT molecular complexity index is 1040. The average molecular weight is 659 g/mol. The lowest BCUT2D eigenvalue weighted by Gasteiger charge is -2.68. The number of fused-ring (bicyclic) bond motifs is 5. The highest BCUT2D eigenvalue weighted by Gasteiger charge is 2.74. The van der Waals surface area contributed by atoms with Gasteiger partial charge in [0.1, 0.15) is 24.4 Å². The van der Waals surface area contributed by atoms with Crippen LogP contribution in [-0.4, -0.2) is 119 Å². The molecule has 5 rings (SSSR count). The van der Waals surface area contributed by atoms with Crippen LogP contribution in [0.15, 0.2) is 0 Å². The van der Waals surface area contributed by atoms with Crippen LogP contribution in [0, 0.1) is 46.3 Å². The number of rotatable bonds is 10. The molecule has 4 aliphatic carbocycles. The van der Waals surface area contributed by atoms with Gasteiger partial charge in [0.2, 0.25) is 0 Å². The second-order valence-electron chi connectivity index (χ2n) is 16.8. The summed E-state index contributed by atoms with van der Waals surface area (Å²) < 4.78 is 11.3. The van der Waals surface area contributed by atoms with Gasteiger partial charge in [-0.3, -0.25) is 0 Å². The van der Waals surface area contributed by atoms with Gasteiger partial charge in [-0.2, -0.15) is 0 Å². The normalized spacial score (nSPS) is 52.1. The van der Waals surface area contributed by atoms with Crippen LogP contribution in [0.5, 0.6) is 0 Å². The Hall–Kier alpha value is -0.440. The van der Waals surface area contributed by atoms with E-state index in [-0.39, 0.29) is 42.6 Å². The van der Waals surface area contributed by atoms with Gasteiger partial charge in [-0.05, 0) is 80.0 Å². The summed E-state index contributed by atoms with van der Waals surface area (Å²) in [5.41, 5.74) is -3.87. The molecule has 0 unspecified atom stereocenters. The highest BCUT2D eigenvalue weighted by atomic mass is 16.7. The molecule has 0 aromatic carbocycles. The topological polar surface area (TPSA) is 201 Å². The van der Waals surface area contributed by atoms with Gasteiger partial charge in [0, 0.05) is 24.2 Å². The number of aliphatic hydroxyl groups is 9. The predicted octanol–water partition coefficient (Wildman–Crippen LogP) is 1.07. The molecule has 0 amide bonds. The Kier molecular flexibility index (Phi) is 10.7. The monoisotopic (exact) mass is 658 g/mol. The zero-order valence-electron chi connectivity index (χ0n) is 28.4. The van der Waals surface area contributed by atoms with Crippen LogP contribution in [-0.2, 0) is 9.47 Å². The van der Waals surface area contributed by atoms with Gasteiger partial charge in [-0.1, -0.05) is 41.0 Å². The van der Waals surface area contributed by atoms with Crippen LogP contribution < -0.4 is 0 Å². The van der Waals surface area contributed by atoms with E-state index >= 15 is 0 Å². The molecule has 5 aliphatic rings. The molecule has 0 bridgehead atoms. The molecule has 46 heavy (non-hydrogen) atoms. The lowest BCUT2D eigenvalue weighted by molar-refractivity contribution is -0.315. The second-order valence-corrected chi connectivity index (χ2v) is 16.8. The molecular weight excluding hydrogens is 596 g/mol. The summed E-state index contributed by atoms with van der Waals surface area (Å²) in [6.45, 7) is 10.5. The Morgan fingerprint density at radius 1 is 0.848 bits per heavy atom. The first-order chi connectivity index (χ1) is 21.4. The molecule has 0 aromatic heterocycles. The second kappa shape index (κ2) is 13.4. The van der Waals surface area contributed by atoms with E-state index in [0.717, 1.165) is 19.3 Å². The molecule has 268 valence electrons. The first kappa shape index (κ1) is 36.8. The summed E-state index contributed by atoms with van der Waals surface area (Å²) in [5, 5.41) is 97.6. The van der Waals surface area contributed by atoms with Crippen LogP contribution >= 0.6 is 0 Å². The Morgan fingerprint density at radius 3 is 2.20 bits per heavy atom. The number of hydrogen-bond donors (Lipinski definition) is 9. The summed E-state index contributed by atoms with van der Waals surface area (Å²) >= 11 is 0. The summed E-state index contributed by atoms with van der Waals surface area (Å²) in [7, 11) is 0. The highest BCUT2D eigenvalue weighted by molar-refractivity contribution is 5.24. The maximum atomic E-state index is 12.5. The van der Waals surface area contributed by atoms with E-state index in [1.165, 1.54) is 0 Å². The molecular formula is C35H62O11. The standard InChI is InChI=1S/C35H62O11/c1-18(2)20(10-13-45-31-29(42)28(41)27(40)24(17-36)46-31)7-6-19(3)22-14-23(38)30-32(22,4)11-9-25-33(5)12-8-21(37)15-35(33,44)26(39)16-34(25,30)43/h18-31,36-44H,6-17H2,1-5H3/t19-,20-,21+,22-,23+,24-,25-,26-,27-,28+,29-,30-,31-,32-,33-,34+,35+/m1/s1. The predicted molar refractivity (Wildman–Crippen MR) is 168 cm³/mol. The molecule has 0 radical (unpaired) electrons. The first-order valence-electron chi connectivity index (χ1n) is 17.9. The largest absolute Gasteiger partial charge is 0.394 e. The van der Waals surface area contributed by atoms with Crippen molar-refractivity contribution in [1.82, 2.24) is 0 Å². The van der Waals surface area contributed by atoms with E-state index in [1.807, 2.05) is 6.92 Å². The minimum absolute atomic E-state index is 0.00123. The first-order valence-corrected chi connectivity index (χ1v) is 17.9. The van der Waals surface area contributed by atoms with E-state index in [2.05, 4.69) is 27.7 Å². The Balaban J connectivity index is 1.23. The quantitative estimate of drug-likeness (QED) is 0.163. The minimum Gasteiger partial charge on any atom is -0.394 e. The summed E-state index contributed by atoms with van der Waals surface area (Å²) in [6.07, 6.45) is -3.26. The van der Waals surface area contributed by atoms with Crippen LogP contribution in [0.25, 0.3) is 0 Å². The summed E-state index contributed by atoms with van der Waals surface area (Å²) in [5.74, 6) is 0.405. The molecule has 11 heteroatoms. The van der Waals surface area contributed by atoms with Crippen molar-refractivity contribution in [2.24, 2.45) is 46.3 Å². The van der Waals surface area contributed by atoms with Crippen molar-refractivity contribution in [2.45, 2.75) is 159 Å². The molecule has 17 atom stereocenters. The van der Waals surface area contributed by atoms with E-state index in [0.29, 0.717) is 43.9 Å². The Labute approximate surface area is 273 Å². The fourth-order valence-corrected chi connectivity index (χ4v) is 11.4. The van der Waals surface area contributed by atoms with Crippen molar-refractivity contribution >= 4 is 0 Å². The zero-order valence-corrected chi connectivity index (χ0v) is 28.4. The lowest BCUT2D eigenvalue weighted by atomic mass is 9.40. The lowest BCUT2D eigenvalue weighted by Crippen LogP contribution is -2.75. The van der Waals surface area contributed by atoms with Gasteiger partial charge >= 0.3 is 0 Å². The molecule has 1 aliphatic heterocycles. The molecule has 0 spiro atoms. The highest BCUT2D eigenvalue weighted by Crippen LogP contribution is 2.70. The van der Waals surface area contributed by atoms with Crippen molar-refractivity contribution < 1.29 is 55.4 Å². The summed E-state index contributed by atoms with van der Waals surface area (Å²) in [4.78, 5) is 0. The maximum Gasteiger partial charge on any atom is 0.186 e. The van der Waals surface area contributed by atoms with Crippen molar-refractivity contribution in [2.75, 3.05) is 13.2 Å². The zero-order chi connectivity index (χ0) is 34.0. The van der Waals surface area contributed by atoms with Crippen molar-refractivity contribution in [1.29, 1.82) is 0 Å². The van der Waals surface area contributed by atoms with Crippen LogP contribution in [0.1, 0.15) is 98.8 Å². The smallest absolute Gasteiger partial charge is 0.186 e. The van der Waals surface area contributed by atoms with Gasteiger partial charge in [-0.25, -0.2) is 0 Å².